The third kappa shape index (κ3) is 6.29. The van der Waals surface area contributed by atoms with Crippen LogP contribution < -0.4 is 11.1 Å². The minimum Gasteiger partial charge on any atom is -0.463 e. The number of hydrogen-bond acceptors (Lipinski definition) is 8. The fourth-order valence-corrected chi connectivity index (χ4v) is 6.93. The van der Waals surface area contributed by atoms with Gasteiger partial charge in [-0.05, 0) is 75.9 Å². The summed E-state index contributed by atoms with van der Waals surface area (Å²) >= 11 is 1.61. The summed E-state index contributed by atoms with van der Waals surface area (Å²) in [5, 5.41) is 5.04. The largest absolute Gasteiger partial charge is 0.463 e. The molecule has 3 fully saturated rings. The number of thiophene rings is 1. The Bertz CT molecular complexity index is 942. The van der Waals surface area contributed by atoms with Gasteiger partial charge < -0.3 is 30.5 Å². The van der Waals surface area contributed by atoms with Gasteiger partial charge in [0.1, 0.15) is 12.6 Å². The lowest BCUT2D eigenvalue weighted by Gasteiger charge is -2.43. The van der Waals surface area contributed by atoms with Crippen LogP contribution in [-0.4, -0.2) is 96.0 Å². The number of nitrogens with zero attached hydrogens (tertiary/aromatic N) is 4. The molecule has 3 N–H and O–H groups in total. The number of nitrogens with one attached hydrogen (secondary N) is 1. The molecule has 0 aromatic carbocycles. The van der Waals surface area contributed by atoms with E-state index in [9.17, 15) is 9.59 Å². The number of nitrogens with two attached hydrogens (primary N) is 1. The summed E-state index contributed by atoms with van der Waals surface area (Å²) in [6.45, 7) is 6.81. The maximum Gasteiger partial charge on any atom is 0.287 e. The molecular weight excluding hydrogens is 488 g/mol. The second kappa shape index (κ2) is 12.1. The van der Waals surface area contributed by atoms with Crippen molar-refractivity contribution in [3.8, 4) is 0 Å². The van der Waals surface area contributed by atoms with Crippen LogP contribution in [0.3, 0.4) is 0 Å². The van der Waals surface area contributed by atoms with Crippen molar-refractivity contribution in [3.63, 3.8) is 0 Å². The first-order valence-electron chi connectivity index (χ1n) is 14.1. The first kappa shape index (κ1) is 26.4. The van der Waals surface area contributed by atoms with Gasteiger partial charge in [0.25, 0.3) is 6.02 Å². The molecule has 37 heavy (non-hydrogen) atoms. The van der Waals surface area contributed by atoms with Crippen LogP contribution in [0.4, 0.5) is 0 Å². The predicted octanol–water partition coefficient (Wildman–Crippen LogP) is 2.02. The monoisotopic (exact) mass is 530 g/mol. The van der Waals surface area contributed by atoms with E-state index in [1.165, 1.54) is 32.4 Å². The van der Waals surface area contributed by atoms with Gasteiger partial charge in [-0.2, -0.15) is 0 Å². The van der Waals surface area contributed by atoms with Crippen LogP contribution in [0.1, 0.15) is 56.7 Å². The van der Waals surface area contributed by atoms with E-state index in [1.54, 1.807) is 16.2 Å². The molecule has 5 rings (SSSR count). The van der Waals surface area contributed by atoms with Gasteiger partial charge in [-0.15, -0.1) is 11.3 Å². The molecule has 204 valence electrons. The van der Waals surface area contributed by atoms with Crippen molar-refractivity contribution >= 4 is 29.2 Å². The second-order valence-electron chi connectivity index (χ2n) is 11.1. The van der Waals surface area contributed by atoms with Crippen molar-refractivity contribution in [2.45, 2.75) is 82.6 Å². The van der Waals surface area contributed by atoms with Crippen LogP contribution in [-0.2, 0) is 20.9 Å². The Morgan fingerprint density at radius 1 is 1.16 bits per heavy atom. The van der Waals surface area contributed by atoms with Crippen molar-refractivity contribution in [2.75, 3.05) is 39.3 Å². The topological polar surface area (TPSA) is 104 Å². The number of carbonyl (C=O) groups excluding carboxylic acids is 2. The number of piperazine rings is 1. The van der Waals surface area contributed by atoms with E-state index >= 15 is 0 Å². The van der Waals surface area contributed by atoms with Crippen molar-refractivity contribution in [1.82, 2.24) is 20.0 Å². The average molecular weight is 531 g/mol. The van der Waals surface area contributed by atoms with Crippen LogP contribution in [0, 0.1) is 5.92 Å². The highest BCUT2D eigenvalue weighted by atomic mass is 32.1. The Hall–Kier alpha value is -2.17. The highest BCUT2D eigenvalue weighted by molar-refractivity contribution is 7.09. The number of carbonyl (C=O) groups is 2. The number of amidine groups is 1. The maximum atomic E-state index is 13.7. The molecule has 1 aromatic rings. The van der Waals surface area contributed by atoms with Crippen molar-refractivity contribution in [3.05, 3.63) is 22.4 Å². The van der Waals surface area contributed by atoms with Crippen LogP contribution in [0.2, 0.25) is 0 Å². The fraction of sp³-hybridized carbons (Fsp3) is 0.741. The van der Waals surface area contributed by atoms with Gasteiger partial charge in [-0.25, -0.2) is 4.99 Å². The molecule has 2 saturated heterocycles. The molecular formula is C27H42N6O3S. The first-order valence-corrected chi connectivity index (χ1v) is 14.9. The van der Waals surface area contributed by atoms with Crippen molar-refractivity contribution in [2.24, 2.45) is 16.6 Å². The second-order valence-corrected chi connectivity index (χ2v) is 12.1. The quantitative estimate of drug-likeness (QED) is 0.583. The van der Waals surface area contributed by atoms with Gasteiger partial charge in [0.2, 0.25) is 11.8 Å². The summed E-state index contributed by atoms with van der Waals surface area (Å²) in [4.78, 5) is 39.2. The zero-order valence-electron chi connectivity index (χ0n) is 22.0. The number of piperidine rings is 1. The standard InChI is InChI=1S/C27H42N6O3S/c1-19-18-36-27(30-19)32-13-14-33(23(17-32)25(34)29-16-22-6-5-15-37-22)26(35)24(28)20-7-9-21(10-8-20)31-11-3-2-4-12-31/h5-6,15,19-21,23-24H,2-4,7-14,16-18,28H2,1H3,(H,29,34)/t19-,20?,21?,23-,24+/m0/s1. The van der Waals surface area contributed by atoms with Crippen LogP contribution >= 0.6 is 11.3 Å². The minimum absolute atomic E-state index is 0.0972. The lowest BCUT2D eigenvalue weighted by molar-refractivity contribution is -0.145. The Morgan fingerprint density at radius 2 is 1.95 bits per heavy atom. The summed E-state index contributed by atoms with van der Waals surface area (Å²) in [5.74, 6) is -0.0797. The van der Waals surface area contributed by atoms with E-state index in [4.69, 9.17) is 10.5 Å². The molecule has 1 saturated carbocycles. The lowest BCUT2D eigenvalue weighted by Crippen LogP contribution is -2.64. The minimum atomic E-state index is -0.626. The van der Waals surface area contributed by atoms with Gasteiger partial charge in [0, 0.05) is 24.0 Å². The van der Waals surface area contributed by atoms with Gasteiger partial charge in [-0.3, -0.25) is 9.59 Å². The molecule has 0 spiro atoms. The van der Waals surface area contributed by atoms with Gasteiger partial charge in [0.05, 0.1) is 25.2 Å². The molecule has 4 heterocycles. The number of aliphatic imine (C=N–C) groups is 1. The van der Waals surface area contributed by atoms with E-state index in [2.05, 4.69) is 15.2 Å². The van der Waals surface area contributed by atoms with Gasteiger partial charge >= 0.3 is 0 Å². The number of likely N-dealkylation sites (tertiary alicyclic amines) is 1. The zero-order valence-corrected chi connectivity index (χ0v) is 22.8. The number of ether oxygens (including phenoxy) is 1. The number of hydrogen-bond donors (Lipinski definition) is 2. The Kier molecular flexibility index (Phi) is 8.67. The van der Waals surface area contributed by atoms with Crippen molar-refractivity contribution in [1.29, 1.82) is 0 Å². The maximum absolute atomic E-state index is 13.7. The van der Waals surface area contributed by atoms with Crippen LogP contribution in [0.15, 0.2) is 22.5 Å². The number of rotatable bonds is 6. The molecule has 0 bridgehead atoms. The van der Waals surface area contributed by atoms with Crippen molar-refractivity contribution < 1.29 is 14.3 Å². The molecule has 0 unspecified atom stereocenters. The van der Waals surface area contributed by atoms with E-state index < -0.39 is 12.1 Å². The molecule has 0 radical (unpaired) electrons. The lowest BCUT2D eigenvalue weighted by atomic mass is 9.80. The van der Waals surface area contributed by atoms with Crippen LogP contribution in [0.25, 0.3) is 0 Å². The highest BCUT2D eigenvalue weighted by Crippen LogP contribution is 2.31. The Morgan fingerprint density at radius 3 is 2.62 bits per heavy atom. The van der Waals surface area contributed by atoms with E-state index in [-0.39, 0.29) is 23.8 Å². The molecule has 4 aliphatic rings. The molecule has 3 aliphatic heterocycles. The predicted molar refractivity (Wildman–Crippen MR) is 145 cm³/mol. The summed E-state index contributed by atoms with van der Waals surface area (Å²) in [7, 11) is 0. The summed E-state index contributed by atoms with van der Waals surface area (Å²) < 4.78 is 5.76. The van der Waals surface area contributed by atoms with E-state index in [0.29, 0.717) is 44.8 Å². The first-order chi connectivity index (χ1) is 18.0. The Labute approximate surface area is 224 Å². The summed E-state index contributed by atoms with van der Waals surface area (Å²) in [5.41, 5.74) is 6.64. The molecule has 10 heteroatoms. The summed E-state index contributed by atoms with van der Waals surface area (Å²) in [6.07, 6.45) is 8.13. The third-order valence-electron chi connectivity index (χ3n) is 8.48. The van der Waals surface area contributed by atoms with Crippen LogP contribution in [0.5, 0.6) is 0 Å². The summed E-state index contributed by atoms with van der Waals surface area (Å²) in [6, 6.07) is 4.10. The highest BCUT2D eigenvalue weighted by Gasteiger charge is 2.41. The van der Waals surface area contributed by atoms with Gasteiger partial charge in [0.15, 0.2) is 0 Å². The molecule has 9 nitrogen and oxygen atoms in total. The molecule has 2 amide bonds. The van der Waals surface area contributed by atoms with E-state index in [0.717, 1.165) is 30.6 Å². The van der Waals surface area contributed by atoms with Gasteiger partial charge in [-0.1, -0.05) is 12.5 Å². The third-order valence-corrected chi connectivity index (χ3v) is 9.36. The molecule has 1 aromatic heterocycles. The number of amides is 2. The SMILES string of the molecule is C[C@H]1COC(N2CCN(C(=O)[C@H](N)C3CCC(N4CCCCC4)CC3)[C@H](C(=O)NCc3cccs3)C2)=N1. The molecule has 1 aliphatic carbocycles. The Balaban J connectivity index is 1.22. The fourth-order valence-electron chi connectivity index (χ4n) is 6.28. The molecule has 3 atom stereocenters. The normalized spacial score (nSPS) is 29.9. The smallest absolute Gasteiger partial charge is 0.287 e. The average Bonchev–Trinajstić information content (AvgIpc) is 3.63. The zero-order chi connectivity index (χ0) is 25.8. The van der Waals surface area contributed by atoms with E-state index in [1.807, 2.05) is 29.3 Å².